The zero-order chi connectivity index (χ0) is 19.6. The van der Waals surface area contributed by atoms with E-state index in [-0.39, 0.29) is 11.8 Å². The predicted molar refractivity (Wildman–Crippen MR) is 106 cm³/mol. The first-order valence-electron chi connectivity index (χ1n) is 9.12. The van der Waals surface area contributed by atoms with E-state index in [1.54, 1.807) is 20.8 Å². The summed E-state index contributed by atoms with van der Waals surface area (Å²) in [5.74, 6) is -0.428. The van der Waals surface area contributed by atoms with Gasteiger partial charge in [-0.1, -0.05) is 61.2 Å². The van der Waals surface area contributed by atoms with E-state index in [0.717, 1.165) is 16.0 Å². The Kier molecular flexibility index (Phi) is 5.17. The Morgan fingerprint density at radius 2 is 1.67 bits per heavy atom. The van der Waals surface area contributed by atoms with Crippen molar-refractivity contribution in [3.05, 3.63) is 72.3 Å². The first-order chi connectivity index (χ1) is 12.7. The number of carbonyl (C=O) groups is 2. The van der Waals surface area contributed by atoms with Crippen molar-refractivity contribution in [2.24, 2.45) is 5.92 Å². The highest BCUT2D eigenvalue weighted by Crippen LogP contribution is 2.28. The van der Waals surface area contributed by atoms with Crippen molar-refractivity contribution in [3.63, 3.8) is 0 Å². The predicted octanol–water partition coefficient (Wildman–Crippen LogP) is 4.85. The second kappa shape index (κ2) is 7.39. The van der Waals surface area contributed by atoms with Crippen LogP contribution in [0.5, 0.6) is 0 Å². The number of hydrogen-bond acceptors (Lipinski definition) is 3. The molecule has 2 amide bonds. The summed E-state index contributed by atoms with van der Waals surface area (Å²) in [6.45, 7) is 9.57. The molecule has 0 aliphatic carbocycles. The minimum Gasteiger partial charge on any atom is -0.443 e. The van der Waals surface area contributed by atoms with Gasteiger partial charge in [0.05, 0.1) is 0 Å². The number of imide groups is 1. The van der Waals surface area contributed by atoms with Gasteiger partial charge in [0.15, 0.2) is 0 Å². The van der Waals surface area contributed by atoms with Gasteiger partial charge in [-0.25, -0.2) is 9.69 Å². The van der Waals surface area contributed by atoms with Gasteiger partial charge in [0.25, 0.3) is 5.91 Å². The number of likely N-dealkylation sites (tertiary alicyclic amines) is 1. The van der Waals surface area contributed by atoms with Crippen LogP contribution in [0.3, 0.4) is 0 Å². The maximum absolute atomic E-state index is 12.4. The number of nitrogens with zero attached hydrogens (tertiary/aromatic N) is 1. The number of rotatable bonds is 3. The van der Waals surface area contributed by atoms with Crippen LogP contribution in [0.25, 0.3) is 11.1 Å². The summed E-state index contributed by atoms with van der Waals surface area (Å²) < 4.78 is 5.33. The molecule has 0 aromatic heterocycles. The van der Waals surface area contributed by atoms with Crippen LogP contribution < -0.4 is 0 Å². The van der Waals surface area contributed by atoms with Crippen molar-refractivity contribution < 1.29 is 14.3 Å². The third-order valence-corrected chi connectivity index (χ3v) is 4.57. The van der Waals surface area contributed by atoms with Crippen LogP contribution >= 0.6 is 0 Å². The Morgan fingerprint density at radius 3 is 2.26 bits per heavy atom. The molecule has 2 aromatic rings. The Hall–Kier alpha value is -2.88. The first kappa shape index (κ1) is 18.9. The van der Waals surface area contributed by atoms with Crippen molar-refractivity contribution in [1.29, 1.82) is 0 Å². The largest absolute Gasteiger partial charge is 0.443 e. The third-order valence-electron chi connectivity index (χ3n) is 4.57. The van der Waals surface area contributed by atoms with Gasteiger partial charge in [0.1, 0.15) is 5.60 Å². The van der Waals surface area contributed by atoms with E-state index in [2.05, 4.69) is 43.0 Å². The van der Waals surface area contributed by atoms with Gasteiger partial charge in [-0.3, -0.25) is 4.79 Å². The number of ether oxygens (including phenoxy) is 1. The lowest BCUT2D eigenvalue weighted by Gasteiger charge is -2.23. The van der Waals surface area contributed by atoms with E-state index in [1.165, 1.54) is 5.56 Å². The van der Waals surface area contributed by atoms with Crippen molar-refractivity contribution in [1.82, 2.24) is 4.90 Å². The fourth-order valence-corrected chi connectivity index (χ4v) is 3.17. The van der Waals surface area contributed by atoms with Crippen LogP contribution in [0.2, 0.25) is 0 Å². The Balaban J connectivity index is 1.68. The van der Waals surface area contributed by atoms with Gasteiger partial charge < -0.3 is 4.74 Å². The van der Waals surface area contributed by atoms with E-state index in [0.29, 0.717) is 18.5 Å². The average molecular weight is 363 g/mol. The molecule has 0 radical (unpaired) electrons. The van der Waals surface area contributed by atoms with Gasteiger partial charge >= 0.3 is 6.09 Å². The highest BCUT2D eigenvalue weighted by Gasteiger charge is 2.39. The maximum Gasteiger partial charge on any atom is 0.417 e. The van der Waals surface area contributed by atoms with Crippen LogP contribution in [-0.2, 0) is 16.0 Å². The van der Waals surface area contributed by atoms with Crippen LogP contribution in [0.1, 0.15) is 26.3 Å². The maximum atomic E-state index is 12.4. The van der Waals surface area contributed by atoms with E-state index in [1.807, 2.05) is 18.2 Å². The molecule has 4 nitrogen and oxygen atoms in total. The van der Waals surface area contributed by atoms with Crippen LogP contribution in [-0.4, -0.2) is 29.0 Å². The molecule has 2 aromatic carbocycles. The zero-order valence-electron chi connectivity index (χ0n) is 16.1. The lowest BCUT2D eigenvalue weighted by Crippen LogP contribution is -2.38. The van der Waals surface area contributed by atoms with Gasteiger partial charge in [-0.15, -0.1) is 0 Å². The lowest BCUT2D eigenvalue weighted by atomic mass is 9.94. The Bertz CT molecular complexity index is 847. The van der Waals surface area contributed by atoms with E-state index < -0.39 is 11.7 Å². The molecule has 0 saturated carbocycles. The minimum absolute atomic E-state index is 0.0902. The van der Waals surface area contributed by atoms with Gasteiger partial charge in [0.2, 0.25) is 0 Å². The molecule has 1 fully saturated rings. The highest BCUT2D eigenvalue weighted by molar-refractivity contribution is 6.04. The van der Waals surface area contributed by atoms with E-state index in [9.17, 15) is 9.59 Å². The SMILES string of the molecule is C=C1C(=O)N(C(=O)OC(C)(C)C)CC1Cc1ccc(-c2ccccc2)cc1. The molecule has 3 rings (SSSR count). The molecule has 4 heteroatoms. The first-order valence-corrected chi connectivity index (χ1v) is 9.12. The Morgan fingerprint density at radius 1 is 1.07 bits per heavy atom. The summed E-state index contributed by atoms with van der Waals surface area (Å²) in [5.41, 5.74) is 3.26. The number of amides is 2. The molecule has 0 bridgehead atoms. The van der Waals surface area contributed by atoms with Gasteiger partial charge in [-0.05, 0) is 43.9 Å². The quantitative estimate of drug-likeness (QED) is 0.733. The smallest absolute Gasteiger partial charge is 0.417 e. The summed E-state index contributed by atoms with van der Waals surface area (Å²) in [7, 11) is 0. The molecular formula is C23H25NO3. The lowest BCUT2D eigenvalue weighted by molar-refractivity contribution is -0.124. The molecule has 0 N–H and O–H groups in total. The second-order valence-electron chi connectivity index (χ2n) is 7.89. The van der Waals surface area contributed by atoms with Crippen molar-refractivity contribution in [2.75, 3.05) is 6.54 Å². The number of benzene rings is 2. The average Bonchev–Trinajstić information content (AvgIpc) is 2.90. The molecule has 1 unspecified atom stereocenters. The molecule has 1 aliphatic heterocycles. The van der Waals surface area contributed by atoms with Crippen LogP contribution in [0.15, 0.2) is 66.7 Å². The molecule has 27 heavy (non-hydrogen) atoms. The van der Waals surface area contributed by atoms with E-state index in [4.69, 9.17) is 4.74 Å². The molecule has 1 heterocycles. The topological polar surface area (TPSA) is 46.6 Å². The van der Waals surface area contributed by atoms with Gasteiger partial charge in [-0.2, -0.15) is 0 Å². The summed E-state index contributed by atoms with van der Waals surface area (Å²) in [6, 6.07) is 18.5. The minimum atomic E-state index is -0.635. The molecule has 0 spiro atoms. The third kappa shape index (κ3) is 4.45. The molecule has 1 atom stereocenters. The van der Waals surface area contributed by atoms with Crippen molar-refractivity contribution in [2.45, 2.75) is 32.8 Å². The Labute approximate surface area is 160 Å². The molecule has 1 aliphatic rings. The zero-order valence-corrected chi connectivity index (χ0v) is 16.1. The second-order valence-corrected chi connectivity index (χ2v) is 7.89. The van der Waals surface area contributed by atoms with Crippen molar-refractivity contribution in [3.8, 4) is 11.1 Å². The fourth-order valence-electron chi connectivity index (χ4n) is 3.17. The normalized spacial score (nSPS) is 17.3. The molecular weight excluding hydrogens is 338 g/mol. The van der Waals surface area contributed by atoms with Crippen LogP contribution in [0, 0.1) is 5.92 Å². The fraction of sp³-hybridized carbons (Fsp3) is 0.304. The summed E-state index contributed by atoms with van der Waals surface area (Å²) in [4.78, 5) is 25.8. The number of carbonyl (C=O) groups excluding carboxylic acids is 2. The van der Waals surface area contributed by atoms with Crippen LogP contribution in [0.4, 0.5) is 4.79 Å². The van der Waals surface area contributed by atoms with E-state index >= 15 is 0 Å². The molecule has 1 saturated heterocycles. The standard InChI is InChI=1S/C23H25NO3/c1-16-20(15-24(21(16)25)22(26)27-23(2,3)4)14-17-10-12-19(13-11-17)18-8-6-5-7-9-18/h5-13,20H,1,14-15H2,2-4H3. The monoisotopic (exact) mass is 363 g/mol. The highest BCUT2D eigenvalue weighted by atomic mass is 16.6. The number of hydrogen-bond donors (Lipinski definition) is 0. The summed E-state index contributed by atoms with van der Waals surface area (Å²) in [5, 5.41) is 0. The summed E-state index contributed by atoms with van der Waals surface area (Å²) in [6.07, 6.45) is 0.0643. The van der Waals surface area contributed by atoms with Crippen molar-refractivity contribution >= 4 is 12.0 Å². The summed E-state index contributed by atoms with van der Waals surface area (Å²) >= 11 is 0. The molecule has 140 valence electrons. The van der Waals surface area contributed by atoms with Gasteiger partial charge in [0, 0.05) is 18.0 Å².